The number of carbonyl (C=O) groups is 2. The molecule has 1 atom stereocenters. The maximum absolute atomic E-state index is 9.55. The molecule has 1 aliphatic rings. The van der Waals surface area contributed by atoms with Gasteiger partial charge in [0.05, 0.1) is 0 Å². The summed E-state index contributed by atoms with van der Waals surface area (Å²) in [4.78, 5) is 19.1. The summed E-state index contributed by atoms with van der Waals surface area (Å²) in [7, 11) is 2.10. The van der Waals surface area contributed by atoms with Gasteiger partial charge in [-0.15, -0.1) is 0 Å². The molecule has 1 unspecified atom stereocenters. The first-order chi connectivity index (χ1) is 13.9. The van der Waals surface area contributed by atoms with Crippen LogP contribution in [-0.4, -0.2) is 48.5 Å². The maximum atomic E-state index is 9.55. The van der Waals surface area contributed by atoms with Gasteiger partial charge in [-0.1, -0.05) is 30.2 Å². The zero-order valence-electron chi connectivity index (χ0n) is 17.2. The van der Waals surface area contributed by atoms with E-state index in [-0.39, 0.29) is 0 Å². The van der Waals surface area contributed by atoms with Crippen LogP contribution in [0.3, 0.4) is 0 Å². The number of aliphatic carboxylic acids is 2. The van der Waals surface area contributed by atoms with Crippen molar-refractivity contribution in [1.29, 1.82) is 0 Å². The van der Waals surface area contributed by atoms with Crippen LogP contribution in [0.15, 0.2) is 36.4 Å². The lowest BCUT2D eigenvalue weighted by Gasteiger charge is -2.48. The molecular weight excluding hydrogens is 394 g/mol. The van der Waals surface area contributed by atoms with E-state index in [4.69, 9.17) is 26.6 Å². The number of benzene rings is 1. The molecule has 0 bridgehead atoms. The monoisotopic (exact) mass is 425 g/mol. The van der Waals surface area contributed by atoms with Crippen molar-refractivity contribution in [3.8, 4) is 0 Å². The average Bonchev–Trinajstić information content (AvgIpc) is 2.65. The second kappa shape index (κ2) is 13.4. The fraction of sp³-hybridized carbons (Fsp3) is 0.545. The zero-order valence-corrected chi connectivity index (χ0v) is 18.0. The van der Waals surface area contributed by atoms with Gasteiger partial charge in [0.1, 0.15) is 0 Å². The van der Waals surface area contributed by atoms with Crippen LogP contribution in [0, 0.1) is 0 Å². The molecule has 1 aromatic carbocycles. The first-order valence-corrected chi connectivity index (χ1v) is 10.4. The number of carboxylic acids is 2. The normalized spacial score (nSPS) is 15.8. The van der Waals surface area contributed by atoms with Crippen molar-refractivity contribution >= 4 is 23.5 Å². The molecule has 1 aliphatic carbocycles. The molecule has 1 aromatic rings. The van der Waals surface area contributed by atoms with Crippen LogP contribution in [0.1, 0.15) is 51.0 Å². The van der Waals surface area contributed by atoms with Crippen LogP contribution in [0.25, 0.3) is 0 Å². The van der Waals surface area contributed by atoms with Crippen molar-refractivity contribution < 1.29 is 24.5 Å². The number of rotatable bonds is 11. The number of ether oxygens (including phenoxy) is 1. The van der Waals surface area contributed by atoms with Gasteiger partial charge in [0, 0.05) is 41.8 Å². The Balaban J connectivity index is 0.000000447. The summed E-state index contributed by atoms with van der Waals surface area (Å²) in [5.74, 6) is -2.51. The van der Waals surface area contributed by atoms with Gasteiger partial charge in [-0.3, -0.25) is 0 Å². The smallest absolute Gasteiger partial charge is 0.328 e. The quantitative estimate of drug-likeness (QED) is 0.362. The highest BCUT2D eigenvalue weighted by Gasteiger charge is 2.44. The Hall–Kier alpha value is -1.89. The first-order valence-electron chi connectivity index (χ1n) is 10.0. The van der Waals surface area contributed by atoms with E-state index in [0.717, 1.165) is 24.7 Å². The van der Waals surface area contributed by atoms with Crippen molar-refractivity contribution in [3.63, 3.8) is 0 Å². The van der Waals surface area contributed by atoms with Crippen molar-refractivity contribution in [3.05, 3.63) is 47.0 Å². The molecule has 1 saturated carbocycles. The minimum absolute atomic E-state index is 0.310. The predicted molar refractivity (Wildman–Crippen MR) is 115 cm³/mol. The van der Waals surface area contributed by atoms with Crippen LogP contribution < -0.4 is 5.32 Å². The highest BCUT2D eigenvalue weighted by Crippen LogP contribution is 2.47. The van der Waals surface area contributed by atoms with Crippen molar-refractivity contribution in [2.24, 2.45) is 0 Å². The molecular formula is C22H32ClNO5. The molecule has 162 valence electrons. The molecule has 0 radical (unpaired) electrons. The average molecular weight is 426 g/mol. The minimum Gasteiger partial charge on any atom is -0.478 e. The summed E-state index contributed by atoms with van der Waals surface area (Å²) in [6.45, 7) is 3.77. The second-order valence-electron chi connectivity index (χ2n) is 7.06. The molecule has 0 spiro atoms. The van der Waals surface area contributed by atoms with E-state index in [1.165, 1.54) is 37.7 Å². The van der Waals surface area contributed by atoms with Crippen molar-refractivity contribution in [2.45, 2.75) is 56.9 Å². The van der Waals surface area contributed by atoms with Gasteiger partial charge in [-0.2, -0.15) is 0 Å². The highest BCUT2D eigenvalue weighted by atomic mass is 35.5. The number of likely N-dealkylation sites (N-methyl/N-ethyl adjacent to an activating group) is 1. The lowest BCUT2D eigenvalue weighted by molar-refractivity contribution is -0.134. The van der Waals surface area contributed by atoms with E-state index in [0.29, 0.717) is 23.6 Å². The van der Waals surface area contributed by atoms with E-state index in [1.807, 2.05) is 12.1 Å². The molecule has 0 heterocycles. The van der Waals surface area contributed by atoms with E-state index in [1.54, 1.807) is 0 Å². The number of carboxylic acid groups (broad SMARTS) is 2. The summed E-state index contributed by atoms with van der Waals surface area (Å²) < 4.78 is 5.44. The van der Waals surface area contributed by atoms with Crippen molar-refractivity contribution in [1.82, 2.24) is 5.32 Å². The molecule has 3 N–H and O–H groups in total. The van der Waals surface area contributed by atoms with Crippen LogP contribution in [0.4, 0.5) is 0 Å². The SMILES string of the molecule is CCOCCCCC(NC)C1(c2ccc(Cl)cc2)CCC1.O=C(O)C=CC(=O)O. The number of unbranched alkanes of at least 4 members (excludes halogenated alkanes) is 1. The van der Waals surface area contributed by atoms with E-state index >= 15 is 0 Å². The minimum atomic E-state index is -1.26. The van der Waals surface area contributed by atoms with Gasteiger partial charge in [-0.05, 0) is 63.8 Å². The Morgan fingerprint density at radius 1 is 1.17 bits per heavy atom. The van der Waals surface area contributed by atoms with Gasteiger partial charge in [0.2, 0.25) is 0 Å². The topological polar surface area (TPSA) is 95.9 Å². The zero-order chi connectivity index (χ0) is 21.7. The molecule has 6 nitrogen and oxygen atoms in total. The Morgan fingerprint density at radius 3 is 2.17 bits per heavy atom. The molecule has 0 saturated heterocycles. The largest absolute Gasteiger partial charge is 0.478 e. The molecule has 2 rings (SSSR count). The van der Waals surface area contributed by atoms with Gasteiger partial charge < -0.3 is 20.3 Å². The number of hydrogen-bond acceptors (Lipinski definition) is 4. The summed E-state index contributed by atoms with van der Waals surface area (Å²) in [6.07, 6.45) is 8.61. The van der Waals surface area contributed by atoms with Crippen molar-refractivity contribution in [2.75, 3.05) is 20.3 Å². The standard InChI is InChI=1S/C18H28ClNO.C4H4O4/c1-3-21-14-5-4-7-17(20-2)18(12-6-13-18)15-8-10-16(19)11-9-15;5-3(6)1-2-4(7)8/h8-11,17,20H,3-7,12-14H2,1-2H3;1-2H,(H,5,6)(H,7,8). The molecule has 0 aromatic heterocycles. The molecule has 29 heavy (non-hydrogen) atoms. The Labute approximate surface area is 177 Å². The Bertz CT molecular complexity index is 640. The fourth-order valence-electron chi connectivity index (χ4n) is 3.71. The van der Waals surface area contributed by atoms with E-state index in [2.05, 4.69) is 31.4 Å². The summed E-state index contributed by atoms with van der Waals surface area (Å²) in [5.41, 5.74) is 1.76. The third-order valence-corrected chi connectivity index (χ3v) is 5.54. The van der Waals surface area contributed by atoms with E-state index in [9.17, 15) is 9.59 Å². The third-order valence-electron chi connectivity index (χ3n) is 5.28. The highest BCUT2D eigenvalue weighted by molar-refractivity contribution is 6.30. The van der Waals surface area contributed by atoms with E-state index < -0.39 is 11.9 Å². The van der Waals surface area contributed by atoms with Crippen LogP contribution in [-0.2, 0) is 19.7 Å². The lowest BCUT2D eigenvalue weighted by atomic mass is 9.59. The van der Waals surface area contributed by atoms with Gasteiger partial charge in [0.15, 0.2) is 0 Å². The summed E-state index contributed by atoms with van der Waals surface area (Å²) in [6, 6.07) is 9.03. The third kappa shape index (κ3) is 8.56. The Kier molecular flexibility index (Phi) is 11.6. The lowest BCUT2D eigenvalue weighted by Crippen LogP contribution is -2.51. The van der Waals surface area contributed by atoms with Gasteiger partial charge >= 0.3 is 11.9 Å². The predicted octanol–water partition coefficient (Wildman–Crippen LogP) is 4.27. The van der Waals surface area contributed by atoms with Gasteiger partial charge in [0.25, 0.3) is 0 Å². The number of nitrogens with one attached hydrogen (secondary N) is 1. The number of halogens is 1. The van der Waals surface area contributed by atoms with Crippen LogP contribution in [0.2, 0.25) is 5.02 Å². The molecule has 7 heteroatoms. The molecule has 0 amide bonds. The summed E-state index contributed by atoms with van der Waals surface area (Å²) in [5, 5.41) is 20.0. The van der Waals surface area contributed by atoms with Crippen LogP contribution >= 0.6 is 11.6 Å². The molecule has 1 fully saturated rings. The second-order valence-corrected chi connectivity index (χ2v) is 7.50. The fourth-order valence-corrected chi connectivity index (χ4v) is 3.84. The van der Waals surface area contributed by atoms with Gasteiger partial charge in [-0.25, -0.2) is 9.59 Å². The first kappa shape index (κ1) is 25.1. The molecule has 0 aliphatic heterocycles. The summed E-state index contributed by atoms with van der Waals surface area (Å²) >= 11 is 6.04. The van der Waals surface area contributed by atoms with Crippen LogP contribution in [0.5, 0.6) is 0 Å². The Morgan fingerprint density at radius 2 is 1.76 bits per heavy atom. The maximum Gasteiger partial charge on any atom is 0.328 e. The number of hydrogen-bond donors (Lipinski definition) is 3.